The summed E-state index contributed by atoms with van der Waals surface area (Å²) in [4.78, 5) is 2.31. The molecule has 0 aliphatic carbocycles. The van der Waals surface area contributed by atoms with Crippen LogP contribution in [0, 0.1) is 5.92 Å². The fourth-order valence-corrected chi connectivity index (χ4v) is 1.66. The molecule has 3 nitrogen and oxygen atoms in total. The van der Waals surface area contributed by atoms with E-state index in [9.17, 15) is 0 Å². The van der Waals surface area contributed by atoms with Gasteiger partial charge in [-0.2, -0.15) is 0 Å². The van der Waals surface area contributed by atoms with Gasteiger partial charge in [-0.25, -0.2) is 10.4 Å². The van der Waals surface area contributed by atoms with Gasteiger partial charge in [0.2, 0.25) is 0 Å². The molecule has 1 heterocycles. The van der Waals surface area contributed by atoms with Gasteiger partial charge in [0.15, 0.2) is 0 Å². The number of nitrogens with one attached hydrogen (secondary N) is 1. The van der Waals surface area contributed by atoms with E-state index in [1.807, 2.05) is 0 Å². The van der Waals surface area contributed by atoms with Crippen molar-refractivity contribution >= 4 is 0 Å². The fraction of sp³-hybridized carbons (Fsp3) is 1.00. The van der Waals surface area contributed by atoms with Crippen LogP contribution in [0.25, 0.3) is 0 Å². The third-order valence-corrected chi connectivity index (χ3v) is 2.01. The van der Waals surface area contributed by atoms with Crippen LogP contribution < -0.4 is 5.43 Å². The minimum absolute atomic E-state index is 0.556. The Morgan fingerprint density at radius 3 is 2.20 bits per heavy atom. The van der Waals surface area contributed by atoms with Crippen molar-refractivity contribution in [3.63, 3.8) is 0 Å². The topological polar surface area (TPSA) is 18.5 Å². The Bertz CT molecular complexity index is 103. The summed E-state index contributed by atoms with van der Waals surface area (Å²) in [5.41, 5.74) is 3.26. The van der Waals surface area contributed by atoms with Crippen molar-refractivity contribution in [2.24, 2.45) is 5.92 Å². The van der Waals surface area contributed by atoms with Gasteiger partial charge in [0.1, 0.15) is 0 Å². The molecule has 3 heteroatoms. The molecule has 60 valence electrons. The minimum atomic E-state index is 0.556. The second kappa shape index (κ2) is 2.86. The van der Waals surface area contributed by atoms with Crippen LogP contribution in [0.2, 0.25) is 0 Å². The molecule has 1 saturated heterocycles. The number of hydrazine groups is 1. The molecule has 0 spiro atoms. The van der Waals surface area contributed by atoms with Gasteiger partial charge in [-0.15, -0.1) is 0 Å². The molecular weight excluding hydrogens is 126 g/mol. The lowest BCUT2D eigenvalue weighted by Gasteiger charge is -2.26. The average molecular weight is 143 g/mol. The number of nitrogens with zero attached hydrogens (tertiary/aromatic N) is 2. The standard InChI is InChI=1S/C7H17N3/c1-6(2)7-9(3)5-8-10(7)4/h6-8H,5H2,1-4H3. The minimum Gasteiger partial charge on any atom is -0.276 e. The molecule has 1 unspecified atom stereocenters. The van der Waals surface area contributed by atoms with Crippen molar-refractivity contribution in [3.05, 3.63) is 0 Å². The molecule has 1 rings (SSSR count). The molecule has 1 atom stereocenters. The first kappa shape index (κ1) is 7.98. The summed E-state index contributed by atoms with van der Waals surface area (Å²) in [5.74, 6) is 0.685. The van der Waals surface area contributed by atoms with Crippen LogP contribution in [0.3, 0.4) is 0 Å². The summed E-state index contributed by atoms with van der Waals surface area (Å²) in [6, 6.07) is 0. The largest absolute Gasteiger partial charge is 0.276 e. The van der Waals surface area contributed by atoms with Crippen molar-refractivity contribution in [2.45, 2.75) is 20.0 Å². The molecule has 0 aromatic heterocycles. The highest BCUT2D eigenvalue weighted by Crippen LogP contribution is 2.14. The summed E-state index contributed by atoms with van der Waals surface area (Å²) in [7, 11) is 4.23. The van der Waals surface area contributed by atoms with Crippen molar-refractivity contribution in [1.82, 2.24) is 15.3 Å². The molecule has 0 radical (unpaired) electrons. The van der Waals surface area contributed by atoms with E-state index < -0.39 is 0 Å². The van der Waals surface area contributed by atoms with Gasteiger partial charge in [-0.3, -0.25) is 4.90 Å². The predicted octanol–water partition coefficient (Wildman–Crippen LogP) is 0.308. The summed E-state index contributed by atoms with van der Waals surface area (Å²) in [6.45, 7) is 5.45. The Balaban J connectivity index is 2.54. The highest BCUT2D eigenvalue weighted by Gasteiger charge is 2.27. The molecule has 10 heavy (non-hydrogen) atoms. The molecule has 0 aromatic carbocycles. The molecular formula is C7H17N3. The lowest BCUT2D eigenvalue weighted by molar-refractivity contribution is 0.117. The van der Waals surface area contributed by atoms with E-state index in [4.69, 9.17) is 0 Å². The maximum atomic E-state index is 3.26. The lowest BCUT2D eigenvalue weighted by atomic mass is 10.1. The molecule has 0 bridgehead atoms. The van der Waals surface area contributed by atoms with E-state index in [-0.39, 0.29) is 0 Å². The van der Waals surface area contributed by atoms with E-state index in [2.05, 4.69) is 43.3 Å². The number of hydrogen-bond acceptors (Lipinski definition) is 3. The summed E-state index contributed by atoms with van der Waals surface area (Å²) >= 11 is 0. The van der Waals surface area contributed by atoms with Crippen molar-refractivity contribution in [2.75, 3.05) is 20.8 Å². The van der Waals surface area contributed by atoms with Crippen LogP contribution >= 0.6 is 0 Å². The second-order valence-corrected chi connectivity index (χ2v) is 3.34. The maximum Gasteiger partial charge on any atom is 0.0786 e. The monoisotopic (exact) mass is 143 g/mol. The molecule has 1 N–H and O–H groups in total. The normalized spacial score (nSPS) is 30.3. The molecule has 0 amide bonds. The van der Waals surface area contributed by atoms with Crippen molar-refractivity contribution < 1.29 is 0 Å². The molecule has 1 fully saturated rings. The van der Waals surface area contributed by atoms with Crippen LogP contribution in [0.4, 0.5) is 0 Å². The Hall–Kier alpha value is -0.120. The average Bonchev–Trinajstić information content (AvgIpc) is 2.11. The molecule has 1 aliphatic rings. The molecule has 0 saturated carbocycles. The van der Waals surface area contributed by atoms with Gasteiger partial charge >= 0.3 is 0 Å². The van der Waals surface area contributed by atoms with E-state index in [1.54, 1.807) is 0 Å². The van der Waals surface area contributed by atoms with Gasteiger partial charge in [-0.05, 0) is 13.0 Å². The van der Waals surface area contributed by atoms with E-state index in [1.165, 1.54) is 0 Å². The van der Waals surface area contributed by atoms with Crippen LogP contribution in [0.15, 0.2) is 0 Å². The Labute approximate surface area is 63.0 Å². The summed E-state index contributed by atoms with van der Waals surface area (Å²) < 4.78 is 0. The highest BCUT2D eigenvalue weighted by molar-refractivity contribution is 4.73. The Morgan fingerprint density at radius 1 is 1.40 bits per heavy atom. The highest BCUT2D eigenvalue weighted by atomic mass is 15.7. The zero-order chi connectivity index (χ0) is 7.72. The quantitative estimate of drug-likeness (QED) is 0.570. The van der Waals surface area contributed by atoms with Crippen LogP contribution in [0.5, 0.6) is 0 Å². The molecule has 1 aliphatic heterocycles. The zero-order valence-electron chi connectivity index (χ0n) is 7.26. The first-order chi connectivity index (χ1) is 4.63. The van der Waals surface area contributed by atoms with Crippen molar-refractivity contribution in [1.29, 1.82) is 0 Å². The van der Waals surface area contributed by atoms with Gasteiger partial charge < -0.3 is 0 Å². The Morgan fingerprint density at radius 2 is 2.00 bits per heavy atom. The smallest absolute Gasteiger partial charge is 0.0786 e. The fourth-order valence-electron chi connectivity index (χ4n) is 1.66. The SMILES string of the molecule is CC(C)C1N(C)CNN1C. The molecule has 0 aromatic rings. The van der Waals surface area contributed by atoms with Crippen LogP contribution in [-0.4, -0.2) is 36.8 Å². The first-order valence-electron chi connectivity index (χ1n) is 3.79. The van der Waals surface area contributed by atoms with E-state index in [0.717, 1.165) is 6.67 Å². The van der Waals surface area contributed by atoms with Gasteiger partial charge in [0, 0.05) is 7.05 Å². The number of hydrogen-bond donors (Lipinski definition) is 1. The Kier molecular flexibility index (Phi) is 2.28. The predicted molar refractivity (Wildman–Crippen MR) is 42.2 cm³/mol. The first-order valence-corrected chi connectivity index (χ1v) is 3.79. The third kappa shape index (κ3) is 1.31. The third-order valence-electron chi connectivity index (χ3n) is 2.01. The van der Waals surface area contributed by atoms with E-state index >= 15 is 0 Å². The van der Waals surface area contributed by atoms with Crippen LogP contribution in [0.1, 0.15) is 13.8 Å². The van der Waals surface area contributed by atoms with Crippen molar-refractivity contribution in [3.8, 4) is 0 Å². The zero-order valence-corrected chi connectivity index (χ0v) is 7.26. The van der Waals surface area contributed by atoms with Gasteiger partial charge in [0.25, 0.3) is 0 Å². The summed E-state index contributed by atoms with van der Waals surface area (Å²) in [6.07, 6.45) is 0.556. The summed E-state index contributed by atoms with van der Waals surface area (Å²) in [5, 5.41) is 2.17. The second-order valence-electron chi connectivity index (χ2n) is 3.34. The van der Waals surface area contributed by atoms with Gasteiger partial charge in [-0.1, -0.05) is 13.8 Å². The lowest BCUT2D eigenvalue weighted by Crippen LogP contribution is -2.40. The van der Waals surface area contributed by atoms with E-state index in [0.29, 0.717) is 12.1 Å². The van der Waals surface area contributed by atoms with Crippen LogP contribution in [-0.2, 0) is 0 Å². The van der Waals surface area contributed by atoms with Gasteiger partial charge in [0.05, 0.1) is 12.8 Å². The number of rotatable bonds is 1. The maximum absolute atomic E-state index is 3.26.